The average molecular weight is 447 g/mol. The fourth-order valence-electron chi connectivity index (χ4n) is 8.41. The number of ketones is 1. The van der Waals surface area contributed by atoms with Crippen molar-refractivity contribution in [2.24, 2.45) is 51.6 Å². The number of hydrazine groups is 1. The van der Waals surface area contributed by atoms with Gasteiger partial charge in [0.15, 0.2) is 5.78 Å². The average Bonchev–Trinajstić information content (AvgIpc) is 3.09. The van der Waals surface area contributed by atoms with Gasteiger partial charge in [-0.3, -0.25) is 14.8 Å². The first-order valence-corrected chi connectivity index (χ1v) is 13.1. The van der Waals surface area contributed by atoms with Crippen LogP contribution in [0.3, 0.4) is 0 Å². The van der Waals surface area contributed by atoms with E-state index in [4.69, 9.17) is 11.6 Å². The smallest absolute Gasteiger partial charge is 0.157 e. The first-order chi connectivity index (χ1) is 15.0. The highest BCUT2D eigenvalue weighted by molar-refractivity contribution is 5.85. The fraction of sp³-hybridized carbons (Fsp3) is 0.923. The van der Waals surface area contributed by atoms with Gasteiger partial charge in [0.05, 0.1) is 18.5 Å². The summed E-state index contributed by atoms with van der Waals surface area (Å²) in [4.78, 5) is 17.8. The molecule has 4 fully saturated rings. The molecule has 4 aliphatic rings. The Hall–Kier alpha value is -0.980. The number of nitrogens with zero attached hydrogens (tertiary/aromatic N) is 2. The molecule has 4 saturated carbocycles. The van der Waals surface area contributed by atoms with E-state index in [1.165, 1.54) is 5.01 Å². The monoisotopic (exact) mass is 446 g/mol. The van der Waals surface area contributed by atoms with Gasteiger partial charge in [-0.1, -0.05) is 13.8 Å². The van der Waals surface area contributed by atoms with Gasteiger partial charge in [0.25, 0.3) is 0 Å². The number of hydrogen-bond donors (Lipinski definition) is 3. The first-order valence-electron chi connectivity index (χ1n) is 13.1. The minimum atomic E-state index is -0.504. The van der Waals surface area contributed by atoms with E-state index in [1.54, 1.807) is 6.34 Å². The summed E-state index contributed by atoms with van der Waals surface area (Å²) >= 11 is 0. The molecule has 4 aliphatic carbocycles. The number of nitrogens with two attached hydrogens (primary N) is 2. The van der Waals surface area contributed by atoms with Gasteiger partial charge in [0.1, 0.15) is 0 Å². The van der Waals surface area contributed by atoms with Gasteiger partial charge in [-0.2, -0.15) is 0 Å². The second-order valence-electron chi connectivity index (χ2n) is 12.3. The summed E-state index contributed by atoms with van der Waals surface area (Å²) in [5.41, 5.74) is 6.65. The maximum absolute atomic E-state index is 13.3. The summed E-state index contributed by atoms with van der Waals surface area (Å²) in [6, 6.07) is 0.218. The third-order valence-electron chi connectivity index (χ3n) is 10.2. The molecule has 4 rings (SSSR count). The molecule has 0 heterocycles. The lowest BCUT2D eigenvalue weighted by Crippen LogP contribution is -2.66. The molecule has 0 saturated heterocycles. The van der Waals surface area contributed by atoms with E-state index in [0.717, 1.165) is 64.2 Å². The van der Waals surface area contributed by atoms with Crippen LogP contribution in [0.4, 0.5) is 0 Å². The van der Waals surface area contributed by atoms with E-state index < -0.39 is 5.60 Å². The molecule has 0 radical (unpaired) electrons. The molecule has 0 aromatic heterocycles. The van der Waals surface area contributed by atoms with Gasteiger partial charge in [-0.05, 0) is 107 Å². The number of fused-ring (bicyclic) bond motifs is 5. The molecule has 0 aromatic carbocycles. The Morgan fingerprint density at radius 2 is 1.94 bits per heavy atom. The van der Waals surface area contributed by atoms with Crippen LogP contribution in [-0.2, 0) is 4.79 Å². The first kappa shape index (κ1) is 24.2. The van der Waals surface area contributed by atoms with Crippen molar-refractivity contribution in [1.29, 1.82) is 0 Å². The number of aliphatic imine (C=N–C) groups is 1. The topological polar surface area (TPSA) is 105 Å². The molecule has 0 spiro atoms. The molecule has 182 valence electrons. The van der Waals surface area contributed by atoms with Gasteiger partial charge in [-0.15, -0.1) is 0 Å². The Balaban J connectivity index is 1.46. The van der Waals surface area contributed by atoms with Gasteiger partial charge < -0.3 is 10.8 Å². The molecule has 0 amide bonds. The van der Waals surface area contributed by atoms with Crippen molar-refractivity contribution in [3.63, 3.8) is 0 Å². The van der Waals surface area contributed by atoms with Crippen LogP contribution in [0.1, 0.15) is 91.9 Å². The van der Waals surface area contributed by atoms with E-state index in [2.05, 4.69) is 25.8 Å². The summed E-state index contributed by atoms with van der Waals surface area (Å²) in [6.45, 7) is 8.72. The zero-order chi connectivity index (χ0) is 23.3. The maximum Gasteiger partial charge on any atom is 0.157 e. The number of rotatable bonds is 6. The zero-order valence-electron chi connectivity index (χ0n) is 20.7. The van der Waals surface area contributed by atoms with Crippen LogP contribution in [0.15, 0.2) is 4.99 Å². The second-order valence-corrected chi connectivity index (χ2v) is 12.3. The van der Waals surface area contributed by atoms with Crippen molar-refractivity contribution in [1.82, 2.24) is 5.01 Å². The molecule has 5 N–H and O–H groups in total. The summed E-state index contributed by atoms with van der Waals surface area (Å²) in [5.74, 6) is 8.59. The third-order valence-corrected chi connectivity index (χ3v) is 10.2. The van der Waals surface area contributed by atoms with Crippen LogP contribution in [0.2, 0.25) is 0 Å². The lowest BCUT2D eigenvalue weighted by atomic mass is 9.46. The van der Waals surface area contributed by atoms with E-state index in [0.29, 0.717) is 23.7 Å². The largest absolute Gasteiger partial charge is 0.390 e. The maximum atomic E-state index is 13.3. The molecule has 2 unspecified atom stereocenters. The van der Waals surface area contributed by atoms with E-state index >= 15 is 0 Å². The number of Topliss-reactive ketones (excluding diaryl/α,β-unsaturated/α-hetero) is 1. The Morgan fingerprint density at radius 3 is 2.66 bits per heavy atom. The highest BCUT2D eigenvalue weighted by Gasteiger charge is 2.64. The van der Waals surface area contributed by atoms with E-state index in [1.807, 2.05) is 6.92 Å². The van der Waals surface area contributed by atoms with Crippen LogP contribution < -0.4 is 11.6 Å². The van der Waals surface area contributed by atoms with Crippen LogP contribution in [0, 0.1) is 35.0 Å². The molecule has 6 heteroatoms. The van der Waals surface area contributed by atoms with Gasteiger partial charge in [0.2, 0.25) is 0 Å². The van der Waals surface area contributed by atoms with Crippen molar-refractivity contribution in [2.45, 2.75) is 109 Å². The summed E-state index contributed by atoms with van der Waals surface area (Å²) in [5, 5.41) is 12.1. The molecular weight excluding hydrogens is 400 g/mol. The Morgan fingerprint density at radius 1 is 1.19 bits per heavy atom. The van der Waals surface area contributed by atoms with E-state index in [9.17, 15) is 9.90 Å². The van der Waals surface area contributed by atoms with Crippen molar-refractivity contribution in [2.75, 3.05) is 6.54 Å². The fourth-order valence-corrected chi connectivity index (χ4v) is 8.41. The number of hydrogen-bond acceptors (Lipinski definition) is 5. The molecule has 0 aliphatic heterocycles. The molecule has 9 atom stereocenters. The Bertz CT molecular complexity index is 739. The van der Waals surface area contributed by atoms with Crippen molar-refractivity contribution in [3.8, 4) is 0 Å². The third kappa shape index (κ3) is 4.16. The quantitative estimate of drug-likeness (QED) is 0.250. The molecular formula is C26H46N4O2. The minimum Gasteiger partial charge on any atom is -0.390 e. The van der Waals surface area contributed by atoms with Crippen molar-refractivity contribution < 1.29 is 9.90 Å². The standard InChI is InChI=1S/C26H46N4O2/c1-5-17(2)29-16-30(28)15-22(31)21-6-7-23-25(21,4)12-10-20-19-9-11-24(3,32)14-18(19)8-13-26(20,23)27/h16-21,23,32H,5-15,27-28H2,1-4H3/t17?,18-,19?,20-,21-,23-,24-,25-,26+/m1/s1. The van der Waals surface area contributed by atoms with Gasteiger partial charge in [-0.25, -0.2) is 5.84 Å². The highest BCUT2D eigenvalue weighted by atomic mass is 16.3. The van der Waals surface area contributed by atoms with Crippen LogP contribution in [0.5, 0.6) is 0 Å². The SMILES string of the molecule is CCC(C)N=CN(N)CC(=O)[C@H]1CC[C@@H]2[C@]1(C)CC[C@@H]1C3CC[C@@](C)(O)C[C@H]3CC[C@]12N. The Labute approximate surface area is 194 Å². The lowest BCUT2D eigenvalue weighted by Gasteiger charge is -2.62. The summed E-state index contributed by atoms with van der Waals surface area (Å²) in [6.07, 6.45) is 11.9. The van der Waals surface area contributed by atoms with Crippen LogP contribution in [0.25, 0.3) is 0 Å². The van der Waals surface area contributed by atoms with E-state index in [-0.39, 0.29) is 35.2 Å². The number of carbonyl (C=O) groups is 1. The highest BCUT2D eigenvalue weighted by Crippen LogP contribution is 2.65. The Kier molecular flexibility index (Phi) is 6.54. The molecule has 32 heavy (non-hydrogen) atoms. The predicted octanol–water partition coefficient (Wildman–Crippen LogP) is 3.66. The predicted molar refractivity (Wildman–Crippen MR) is 129 cm³/mol. The zero-order valence-corrected chi connectivity index (χ0v) is 20.7. The summed E-state index contributed by atoms with van der Waals surface area (Å²) < 4.78 is 0. The van der Waals surface area contributed by atoms with Crippen molar-refractivity contribution in [3.05, 3.63) is 0 Å². The van der Waals surface area contributed by atoms with Gasteiger partial charge in [0, 0.05) is 17.5 Å². The molecule has 6 nitrogen and oxygen atoms in total. The molecule has 0 bridgehead atoms. The van der Waals surface area contributed by atoms with Crippen LogP contribution >= 0.6 is 0 Å². The minimum absolute atomic E-state index is 0.0238. The molecule has 0 aromatic rings. The normalized spacial score (nSPS) is 46.9. The second kappa shape index (κ2) is 8.66. The van der Waals surface area contributed by atoms with Crippen LogP contribution in [-0.4, -0.2) is 46.0 Å². The van der Waals surface area contributed by atoms with Crippen molar-refractivity contribution >= 4 is 12.1 Å². The summed E-state index contributed by atoms with van der Waals surface area (Å²) in [7, 11) is 0. The lowest BCUT2D eigenvalue weighted by molar-refractivity contribution is -0.135. The van der Waals surface area contributed by atoms with Gasteiger partial charge >= 0.3 is 0 Å². The number of aliphatic hydroxyl groups is 1. The number of carbonyl (C=O) groups excluding carboxylic acids is 1.